The summed E-state index contributed by atoms with van der Waals surface area (Å²) in [5, 5.41) is 10.8. The van der Waals surface area contributed by atoms with Gasteiger partial charge in [0.25, 0.3) is 0 Å². The van der Waals surface area contributed by atoms with Gasteiger partial charge in [-0.3, -0.25) is 5.10 Å². The number of halogens is 1. The average molecular weight is 472 g/mol. The number of ether oxygens (including phenoxy) is 1. The molecule has 0 aliphatic carbocycles. The molecule has 4 N–H and O–H groups in total. The van der Waals surface area contributed by atoms with E-state index in [4.69, 9.17) is 15.5 Å². The van der Waals surface area contributed by atoms with Gasteiger partial charge < -0.3 is 25.6 Å². The monoisotopic (exact) mass is 471 g/mol. The number of aromatic amines is 1. The van der Waals surface area contributed by atoms with Gasteiger partial charge in [0, 0.05) is 42.8 Å². The molecule has 1 aromatic carbocycles. The second kappa shape index (κ2) is 11.0. The van der Waals surface area contributed by atoms with E-state index >= 15 is 0 Å². The first-order valence-electron chi connectivity index (χ1n) is 10.5. The number of nitrogens with one attached hydrogen (secondary N) is 2. The minimum Gasteiger partial charge on any atom is -0.495 e. The fraction of sp³-hybridized carbons (Fsp3) is 0.333. The fourth-order valence-corrected chi connectivity index (χ4v) is 3.95. The van der Waals surface area contributed by atoms with E-state index in [-0.39, 0.29) is 6.61 Å². The topological polar surface area (TPSA) is 121 Å². The summed E-state index contributed by atoms with van der Waals surface area (Å²) in [7, 11) is 2.10. The summed E-state index contributed by atoms with van der Waals surface area (Å²) >= 11 is 1.42. The lowest BCUT2D eigenvalue weighted by Crippen LogP contribution is -2.45. The van der Waals surface area contributed by atoms with Crippen molar-refractivity contribution in [3.05, 3.63) is 48.4 Å². The summed E-state index contributed by atoms with van der Waals surface area (Å²) in [5.74, 6) is 1.54. The van der Waals surface area contributed by atoms with Crippen LogP contribution in [-0.2, 0) is 11.3 Å². The van der Waals surface area contributed by atoms with E-state index in [9.17, 15) is 4.39 Å². The Morgan fingerprint density at radius 1 is 1.21 bits per heavy atom. The number of aromatic nitrogens is 5. The first-order chi connectivity index (χ1) is 16.1. The highest BCUT2D eigenvalue weighted by atomic mass is 32.2. The predicted octanol–water partition coefficient (Wildman–Crippen LogP) is 2.82. The summed E-state index contributed by atoms with van der Waals surface area (Å²) in [6, 6.07) is 9.37. The van der Waals surface area contributed by atoms with Gasteiger partial charge in [-0.05, 0) is 43.1 Å². The molecule has 0 atom stereocenters. The molecule has 33 heavy (non-hydrogen) atoms. The molecule has 12 heteroatoms. The standard InChI is InChI=1S/C21H26FN9OS/c1-30-7-9-31(10-8-30)20-25-19(24-18-13-16(28-29-18)14-32-11-3-6-22)26-21(27-20)33-17-5-2-4-15(23)12-17/h2-5,11-13H,6-10,14,23H2,1H3,(H2,24,25,26,27,28,29)/b11-3-. The molecule has 1 aliphatic heterocycles. The number of nitrogens with two attached hydrogens (primary N) is 1. The third-order valence-corrected chi connectivity index (χ3v) is 5.70. The smallest absolute Gasteiger partial charge is 0.234 e. The minimum absolute atomic E-state index is 0.242. The molecule has 3 heterocycles. The minimum atomic E-state index is -0.569. The lowest BCUT2D eigenvalue weighted by atomic mass is 10.3. The van der Waals surface area contributed by atoms with Crippen LogP contribution in [0.15, 0.2) is 52.7 Å². The third-order valence-electron chi connectivity index (χ3n) is 4.85. The van der Waals surface area contributed by atoms with Gasteiger partial charge >= 0.3 is 0 Å². The van der Waals surface area contributed by atoms with Gasteiger partial charge in [0.1, 0.15) is 13.3 Å². The van der Waals surface area contributed by atoms with Crippen molar-refractivity contribution in [3.8, 4) is 0 Å². The molecule has 4 rings (SSSR count). The van der Waals surface area contributed by atoms with Crippen molar-refractivity contribution in [2.75, 3.05) is 55.9 Å². The first kappa shape index (κ1) is 22.8. The zero-order chi connectivity index (χ0) is 23.0. The van der Waals surface area contributed by atoms with E-state index in [1.807, 2.05) is 24.3 Å². The zero-order valence-corrected chi connectivity index (χ0v) is 19.1. The molecule has 0 spiro atoms. The number of alkyl halides is 1. The number of piperazine rings is 1. The van der Waals surface area contributed by atoms with E-state index in [1.54, 1.807) is 6.07 Å². The number of rotatable bonds is 9. The van der Waals surface area contributed by atoms with Crippen LogP contribution in [0.3, 0.4) is 0 Å². The SMILES string of the molecule is CN1CCN(c2nc(Nc3cc(CO/C=C\CF)[nH]n3)nc(Sc3cccc(N)c3)n2)CC1. The molecule has 2 aromatic heterocycles. The van der Waals surface area contributed by atoms with E-state index in [0.717, 1.165) is 36.8 Å². The van der Waals surface area contributed by atoms with Gasteiger partial charge in [0.05, 0.1) is 12.0 Å². The number of nitrogens with zero attached hydrogens (tertiary/aromatic N) is 6. The molecule has 0 amide bonds. The highest BCUT2D eigenvalue weighted by Gasteiger charge is 2.19. The summed E-state index contributed by atoms with van der Waals surface area (Å²) < 4.78 is 17.4. The van der Waals surface area contributed by atoms with Gasteiger partial charge in [-0.2, -0.15) is 20.1 Å². The quantitative estimate of drug-likeness (QED) is 0.317. The number of hydrogen-bond acceptors (Lipinski definition) is 10. The molecule has 1 aliphatic rings. The van der Waals surface area contributed by atoms with Crippen LogP contribution in [0.2, 0.25) is 0 Å². The number of nitrogen functional groups attached to an aromatic ring is 1. The number of H-pyrrole nitrogens is 1. The Labute approximate surface area is 195 Å². The zero-order valence-electron chi connectivity index (χ0n) is 18.2. The molecular formula is C21H26FN9OS. The molecule has 0 unspecified atom stereocenters. The van der Waals surface area contributed by atoms with Crippen molar-refractivity contribution >= 4 is 35.2 Å². The summed E-state index contributed by atoms with van der Waals surface area (Å²) in [4.78, 5) is 19.3. The van der Waals surface area contributed by atoms with Gasteiger partial charge in [0.2, 0.25) is 11.9 Å². The van der Waals surface area contributed by atoms with E-state index in [1.165, 1.54) is 24.1 Å². The van der Waals surface area contributed by atoms with Crippen LogP contribution < -0.4 is 16.0 Å². The van der Waals surface area contributed by atoms with E-state index in [2.05, 4.69) is 42.3 Å². The van der Waals surface area contributed by atoms with Gasteiger partial charge in [-0.15, -0.1) is 0 Å². The van der Waals surface area contributed by atoms with E-state index < -0.39 is 6.67 Å². The predicted molar refractivity (Wildman–Crippen MR) is 126 cm³/mol. The molecular weight excluding hydrogens is 445 g/mol. The highest BCUT2D eigenvalue weighted by molar-refractivity contribution is 7.99. The lowest BCUT2D eigenvalue weighted by Gasteiger charge is -2.32. The van der Waals surface area contributed by atoms with Crippen LogP contribution in [0.4, 0.5) is 27.8 Å². The summed E-state index contributed by atoms with van der Waals surface area (Å²) in [6.45, 7) is 3.21. The maximum absolute atomic E-state index is 12.1. The number of likely N-dealkylation sites (N-methyl/N-ethyl adjacent to an activating group) is 1. The Hall–Kier alpha value is -3.38. The van der Waals surface area contributed by atoms with Crippen LogP contribution in [0.1, 0.15) is 5.69 Å². The number of anilines is 4. The first-order valence-corrected chi connectivity index (χ1v) is 11.3. The molecule has 0 saturated carbocycles. The van der Waals surface area contributed by atoms with Crippen molar-refractivity contribution in [1.29, 1.82) is 0 Å². The summed E-state index contributed by atoms with van der Waals surface area (Å²) in [6.07, 6.45) is 2.61. The van der Waals surface area contributed by atoms with E-state index in [0.29, 0.717) is 28.6 Å². The average Bonchev–Trinajstić information content (AvgIpc) is 3.24. The fourth-order valence-electron chi connectivity index (χ4n) is 3.14. The second-order valence-corrected chi connectivity index (χ2v) is 8.49. The Balaban J connectivity index is 1.54. The molecule has 3 aromatic rings. The van der Waals surface area contributed by atoms with Crippen molar-refractivity contribution in [2.24, 2.45) is 0 Å². The van der Waals surface area contributed by atoms with Crippen LogP contribution in [-0.4, -0.2) is 70.0 Å². The molecule has 0 bridgehead atoms. The van der Waals surface area contributed by atoms with Crippen LogP contribution >= 0.6 is 11.8 Å². The Bertz CT molecular complexity index is 1090. The van der Waals surface area contributed by atoms with Crippen LogP contribution in [0.25, 0.3) is 0 Å². The highest BCUT2D eigenvalue weighted by Crippen LogP contribution is 2.28. The molecule has 1 saturated heterocycles. The number of allylic oxidation sites excluding steroid dienone is 1. The Kier molecular flexibility index (Phi) is 7.58. The Morgan fingerprint density at radius 3 is 2.85 bits per heavy atom. The maximum atomic E-state index is 12.1. The van der Waals surface area contributed by atoms with Crippen molar-refractivity contribution in [3.63, 3.8) is 0 Å². The van der Waals surface area contributed by atoms with Crippen LogP contribution in [0, 0.1) is 0 Å². The largest absolute Gasteiger partial charge is 0.495 e. The maximum Gasteiger partial charge on any atom is 0.234 e. The molecule has 174 valence electrons. The van der Waals surface area contributed by atoms with Crippen molar-refractivity contribution in [1.82, 2.24) is 30.0 Å². The van der Waals surface area contributed by atoms with Crippen LogP contribution in [0.5, 0.6) is 0 Å². The number of benzene rings is 1. The molecule has 1 fully saturated rings. The van der Waals surface area contributed by atoms with Gasteiger partial charge in [-0.1, -0.05) is 6.07 Å². The lowest BCUT2D eigenvalue weighted by molar-refractivity contribution is 0.230. The third kappa shape index (κ3) is 6.56. The van der Waals surface area contributed by atoms with Crippen molar-refractivity contribution < 1.29 is 9.13 Å². The van der Waals surface area contributed by atoms with Gasteiger partial charge in [0.15, 0.2) is 11.0 Å². The number of hydrogen-bond donors (Lipinski definition) is 3. The normalized spacial score (nSPS) is 14.7. The van der Waals surface area contributed by atoms with Gasteiger partial charge in [-0.25, -0.2) is 4.39 Å². The molecule has 10 nitrogen and oxygen atoms in total. The Morgan fingerprint density at radius 2 is 2.06 bits per heavy atom. The van der Waals surface area contributed by atoms with Crippen molar-refractivity contribution in [2.45, 2.75) is 16.7 Å². The summed E-state index contributed by atoms with van der Waals surface area (Å²) in [5.41, 5.74) is 7.33. The molecule has 0 radical (unpaired) electrons. The second-order valence-electron chi connectivity index (χ2n) is 7.45.